The van der Waals surface area contributed by atoms with Crippen LogP contribution >= 0.6 is 11.6 Å². The summed E-state index contributed by atoms with van der Waals surface area (Å²) in [5.41, 5.74) is 0.326. The van der Waals surface area contributed by atoms with Gasteiger partial charge in [-0.25, -0.2) is 16.8 Å². The van der Waals surface area contributed by atoms with Gasteiger partial charge in [-0.05, 0) is 63.2 Å². The zero-order chi connectivity index (χ0) is 31.0. The number of aromatic nitrogens is 1. The Morgan fingerprint density at radius 2 is 1.83 bits per heavy atom. The van der Waals surface area contributed by atoms with E-state index in [0.29, 0.717) is 5.02 Å². The number of carbonyl (C=O) groups is 1. The average molecular weight is 641 g/mol. The molecule has 2 N–H and O–H groups in total. The number of hydrogen-bond donors (Lipinski definition) is 2. The standard InChI is InChI=1S/C27H33ClN4O8S2/c1-16-13-32(17(2)15-33)27(34)23-12-21(30-41(35,36)26-18(3)29-40-19(26)4)8-11-24(23)39-25(16)14-31(5)42(37,38)22-9-6-20(28)7-10-22/h6-12,16-17,25,30,33H,13-15H2,1-5H3/t16-,17+,25+/m0/s1. The second-order valence-corrected chi connectivity index (χ2v) is 14.4. The predicted molar refractivity (Wildman–Crippen MR) is 156 cm³/mol. The molecule has 3 atom stereocenters. The van der Waals surface area contributed by atoms with Crippen LogP contribution in [0.15, 0.2) is 56.8 Å². The van der Waals surface area contributed by atoms with E-state index in [1.54, 1.807) is 6.92 Å². The van der Waals surface area contributed by atoms with Crippen molar-refractivity contribution in [3.8, 4) is 5.75 Å². The lowest BCUT2D eigenvalue weighted by Gasteiger charge is -2.38. The highest BCUT2D eigenvalue weighted by atomic mass is 35.5. The Morgan fingerprint density at radius 1 is 1.17 bits per heavy atom. The first-order valence-corrected chi connectivity index (χ1v) is 16.4. The molecule has 1 amide bonds. The van der Waals surface area contributed by atoms with Crippen molar-refractivity contribution in [1.82, 2.24) is 14.4 Å². The summed E-state index contributed by atoms with van der Waals surface area (Å²) in [4.78, 5) is 15.1. The van der Waals surface area contributed by atoms with Crippen LogP contribution < -0.4 is 9.46 Å². The fourth-order valence-corrected chi connectivity index (χ4v) is 7.40. The number of nitrogens with one attached hydrogen (secondary N) is 1. The molecule has 1 aliphatic heterocycles. The Morgan fingerprint density at radius 3 is 2.43 bits per heavy atom. The van der Waals surface area contributed by atoms with Gasteiger partial charge in [-0.3, -0.25) is 9.52 Å². The molecule has 0 bridgehead atoms. The molecule has 3 aromatic rings. The van der Waals surface area contributed by atoms with Crippen LogP contribution in [0.3, 0.4) is 0 Å². The second kappa shape index (κ2) is 12.2. The predicted octanol–water partition coefficient (Wildman–Crippen LogP) is 3.29. The van der Waals surface area contributed by atoms with Crippen molar-refractivity contribution in [2.75, 3.05) is 31.5 Å². The number of ether oxygens (including phenoxy) is 1. The van der Waals surface area contributed by atoms with E-state index < -0.39 is 38.1 Å². The summed E-state index contributed by atoms with van der Waals surface area (Å²) in [7, 11) is -6.56. The molecular weight excluding hydrogens is 608 g/mol. The molecule has 1 aromatic heterocycles. The molecule has 228 valence electrons. The van der Waals surface area contributed by atoms with Crippen molar-refractivity contribution in [1.29, 1.82) is 0 Å². The van der Waals surface area contributed by atoms with E-state index in [0.717, 1.165) is 0 Å². The van der Waals surface area contributed by atoms with Crippen molar-refractivity contribution in [3.63, 3.8) is 0 Å². The number of aryl methyl sites for hydroxylation is 2. The maximum absolute atomic E-state index is 13.7. The third-order valence-corrected chi connectivity index (χ3v) is 10.8. The fourth-order valence-electron chi connectivity index (χ4n) is 4.71. The number of carbonyl (C=O) groups excluding carboxylic acids is 1. The lowest BCUT2D eigenvalue weighted by Crippen LogP contribution is -2.50. The summed E-state index contributed by atoms with van der Waals surface area (Å²) in [6.07, 6.45) is -0.706. The number of rotatable bonds is 9. The Kier molecular flexibility index (Phi) is 9.23. The Bertz CT molecular complexity index is 1660. The van der Waals surface area contributed by atoms with Crippen molar-refractivity contribution in [3.05, 3.63) is 64.5 Å². The zero-order valence-corrected chi connectivity index (χ0v) is 26.1. The minimum atomic E-state index is -4.10. The van der Waals surface area contributed by atoms with Crippen LogP contribution in [0.4, 0.5) is 5.69 Å². The molecule has 2 heterocycles. The van der Waals surface area contributed by atoms with Gasteiger partial charge < -0.3 is 19.3 Å². The second-order valence-electron chi connectivity index (χ2n) is 10.3. The lowest BCUT2D eigenvalue weighted by molar-refractivity contribution is 0.0387. The topological polar surface area (TPSA) is 159 Å². The van der Waals surface area contributed by atoms with E-state index in [1.165, 1.54) is 72.6 Å². The van der Waals surface area contributed by atoms with Crippen LogP contribution in [0, 0.1) is 19.8 Å². The summed E-state index contributed by atoms with van der Waals surface area (Å²) in [5.74, 6) is -0.568. The van der Waals surface area contributed by atoms with E-state index in [2.05, 4.69) is 9.88 Å². The van der Waals surface area contributed by atoms with Gasteiger partial charge in [0.1, 0.15) is 17.5 Å². The Labute approximate surface area is 250 Å². The zero-order valence-electron chi connectivity index (χ0n) is 23.7. The molecule has 0 radical (unpaired) electrons. The molecule has 42 heavy (non-hydrogen) atoms. The number of aliphatic hydroxyl groups excluding tert-OH is 1. The van der Waals surface area contributed by atoms with Crippen molar-refractivity contribution in [2.24, 2.45) is 5.92 Å². The number of halogens is 1. The number of benzene rings is 2. The van der Waals surface area contributed by atoms with E-state index in [9.17, 15) is 26.7 Å². The van der Waals surface area contributed by atoms with E-state index in [-0.39, 0.29) is 63.9 Å². The number of hydrogen-bond acceptors (Lipinski definition) is 9. The fraction of sp³-hybridized carbons (Fsp3) is 0.407. The molecule has 15 heteroatoms. The minimum Gasteiger partial charge on any atom is -0.488 e. The van der Waals surface area contributed by atoms with Crippen LogP contribution in [-0.4, -0.2) is 81.1 Å². The van der Waals surface area contributed by atoms with Gasteiger partial charge in [-0.2, -0.15) is 4.31 Å². The number of sulfonamides is 2. The van der Waals surface area contributed by atoms with E-state index in [4.69, 9.17) is 20.9 Å². The third-order valence-electron chi connectivity index (χ3n) is 7.11. The Balaban J connectivity index is 1.69. The first-order valence-electron chi connectivity index (χ1n) is 13.1. The number of nitrogens with zero attached hydrogens (tertiary/aromatic N) is 3. The molecule has 0 aliphatic carbocycles. The number of aliphatic hydroxyl groups is 1. The highest BCUT2D eigenvalue weighted by Crippen LogP contribution is 2.32. The SMILES string of the molecule is Cc1noc(C)c1S(=O)(=O)Nc1ccc2c(c1)C(=O)N([C@H](C)CO)C[C@H](C)[C@@H](CN(C)S(=O)(=O)c1ccc(Cl)cc1)O2. The average Bonchev–Trinajstić information content (AvgIpc) is 3.28. The molecular formula is C27H33ClN4O8S2. The van der Waals surface area contributed by atoms with Crippen LogP contribution in [0.1, 0.15) is 35.7 Å². The lowest BCUT2D eigenvalue weighted by atomic mass is 9.99. The van der Waals surface area contributed by atoms with Gasteiger partial charge in [0.2, 0.25) is 10.0 Å². The first kappa shape index (κ1) is 31.8. The molecule has 0 spiro atoms. The maximum Gasteiger partial charge on any atom is 0.267 e. The molecule has 1 aliphatic rings. The molecule has 0 unspecified atom stereocenters. The highest BCUT2D eigenvalue weighted by Gasteiger charge is 2.36. The van der Waals surface area contributed by atoms with Gasteiger partial charge in [0, 0.05) is 30.2 Å². The van der Waals surface area contributed by atoms with Gasteiger partial charge in [0.05, 0.1) is 29.7 Å². The normalized spacial score (nSPS) is 18.7. The quantitative estimate of drug-likeness (QED) is 0.358. The number of fused-ring (bicyclic) bond motifs is 1. The summed E-state index contributed by atoms with van der Waals surface area (Å²) < 4.78 is 67.6. The summed E-state index contributed by atoms with van der Waals surface area (Å²) in [6, 6.07) is 9.49. The van der Waals surface area contributed by atoms with Crippen LogP contribution in [0.5, 0.6) is 5.75 Å². The van der Waals surface area contributed by atoms with Crippen LogP contribution in [-0.2, 0) is 20.0 Å². The molecule has 2 aromatic carbocycles. The van der Waals surface area contributed by atoms with Gasteiger partial charge >= 0.3 is 0 Å². The van der Waals surface area contributed by atoms with Gasteiger partial charge in [-0.1, -0.05) is 23.7 Å². The van der Waals surface area contributed by atoms with Gasteiger partial charge in [0.15, 0.2) is 10.7 Å². The Hall–Kier alpha value is -3.17. The first-order chi connectivity index (χ1) is 19.6. The number of likely N-dealkylation sites (N-methyl/N-ethyl adjacent to an activating group) is 1. The molecule has 0 saturated carbocycles. The summed E-state index contributed by atoms with van der Waals surface area (Å²) >= 11 is 5.92. The highest BCUT2D eigenvalue weighted by molar-refractivity contribution is 7.92. The van der Waals surface area contributed by atoms with E-state index in [1.807, 2.05) is 6.92 Å². The van der Waals surface area contributed by atoms with Crippen LogP contribution in [0.25, 0.3) is 0 Å². The number of anilines is 1. The summed E-state index contributed by atoms with van der Waals surface area (Å²) in [5, 5.41) is 14.0. The van der Waals surface area contributed by atoms with Gasteiger partial charge in [0.25, 0.3) is 15.9 Å². The minimum absolute atomic E-state index is 0.0503. The van der Waals surface area contributed by atoms with Crippen molar-refractivity contribution in [2.45, 2.75) is 49.6 Å². The van der Waals surface area contributed by atoms with Crippen molar-refractivity contribution >= 4 is 43.2 Å². The van der Waals surface area contributed by atoms with Gasteiger partial charge in [-0.15, -0.1) is 0 Å². The van der Waals surface area contributed by atoms with E-state index >= 15 is 0 Å². The molecule has 0 saturated heterocycles. The molecule has 4 rings (SSSR count). The monoisotopic (exact) mass is 640 g/mol. The van der Waals surface area contributed by atoms with Crippen molar-refractivity contribution < 1.29 is 36.0 Å². The summed E-state index contributed by atoms with van der Waals surface area (Å²) in [6.45, 7) is 6.27. The maximum atomic E-state index is 13.7. The molecule has 0 fully saturated rings. The number of amides is 1. The van der Waals surface area contributed by atoms with Crippen LogP contribution in [0.2, 0.25) is 5.02 Å². The molecule has 12 nitrogen and oxygen atoms in total. The third kappa shape index (κ3) is 6.42. The smallest absolute Gasteiger partial charge is 0.267 e. The largest absolute Gasteiger partial charge is 0.488 e.